The van der Waals surface area contributed by atoms with E-state index in [0.29, 0.717) is 0 Å². The number of hydrogen-bond acceptors (Lipinski definition) is 2. The van der Waals surface area contributed by atoms with E-state index < -0.39 is 0 Å². The van der Waals surface area contributed by atoms with Gasteiger partial charge in [-0.2, -0.15) is 0 Å². The Morgan fingerprint density at radius 3 is 2.22 bits per heavy atom. The zero-order valence-electron chi connectivity index (χ0n) is 5.85. The summed E-state index contributed by atoms with van der Waals surface area (Å²) in [6.07, 6.45) is 3.80. The van der Waals surface area contributed by atoms with Crippen LogP contribution in [-0.4, -0.2) is 11.1 Å². The molecule has 0 aliphatic heterocycles. The summed E-state index contributed by atoms with van der Waals surface area (Å²) in [6, 6.07) is 0. The van der Waals surface area contributed by atoms with E-state index in [1.807, 2.05) is 6.92 Å². The third kappa shape index (κ3) is 0.884. The van der Waals surface area contributed by atoms with Crippen LogP contribution in [0.15, 0.2) is 12.7 Å². The molecule has 9 heavy (non-hydrogen) atoms. The smallest absolute Gasteiger partial charge is 0.0490 e. The van der Waals surface area contributed by atoms with Crippen molar-refractivity contribution < 1.29 is 0 Å². The summed E-state index contributed by atoms with van der Waals surface area (Å²) < 4.78 is 0. The molecule has 1 saturated carbocycles. The largest absolute Gasteiger partial charge is 0.323 e. The fourth-order valence-corrected chi connectivity index (χ4v) is 0.877. The molecule has 1 fully saturated rings. The van der Waals surface area contributed by atoms with Gasteiger partial charge < -0.3 is 11.5 Å². The Hall–Kier alpha value is -0.340. The van der Waals surface area contributed by atoms with Gasteiger partial charge in [0.2, 0.25) is 0 Å². The number of hydrogen-bond donors (Lipinski definition) is 2. The SMILES string of the molecule is C=C[C@@](C)(N)C1(N)CC1. The van der Waals surface area contributed by atoms with E-state index in [1.165, 1.54) is 0 Å². The molecule has 0 aromatic carbocycles. The highest BCUT2D eigenvalue weighted by Crippen LogP contribution is 2.41. The van der Waals surface area contributed by atoms with Crippen LogP contribution >= 0.6 is 0 Å². The zero-order valence-corrected chi connectivity index (χ0v) is 5.85. The topological polar surface area (TPSA) is 52.0 Å². The molecule has 2 nitrogen and oxygen atoms in total. The van der Waals surface area contributed by atoms with Crippen molar-refractivity contribution in [1.82, 2.24) is 0 Å². The lowest BCUT2D eigenvalue weighted by atomic mass is 9.92. The average molecular weight is 126 g/mol. The molecule has 0 aromatic rings. The van der Waals surface area contributed by atoms with Gasteiger partial charge in [0.1, 0.15) is 0 Å². The summed E-state index contributed by atoms with van der Waals surface area (Å²) in [5.74, 6) is 0. The molecule has 1 aliphatic carbocycles. The molecule has 1 atom stereocenters. The lowest BCUT2D eigenvalue weighted by Gasteiger charge is -2.27. The molecule has 0 saturated heterocycles. The summed E-state index contributed by atoms with van der Waals surface area (Å²) in [5, 5.41) is 0. The summed E-state index contributed by atoms with van der Waals surface area (Å²) in [5.41, 5.74) is 11.1. The van der Waals surface area contributed by atoms with Gasteiger partial charge in [0, 0.05) is 11.1 Å². The molecule has 2 heteroatoms. The molecule has 0 unspecified atom stereocenters. The minimum absolute atomic E-state index is 0.144. The maximum atomic E-state index is 5.84. The minimum atomic E-state index is -0.368. The molecule has 0 aromatic heterocycles. The molecule has 4 N–H and O–H groups in total. The molecule has 0 heterocycles. The lowest BCUT2D eigenvalue weighted by molar-refractivity contribution is 0.440. The zero-order chi connectivity index (χ0) is 7.12. The first-order valence-electron chi connectivity index (χ1n) is 3.23. The van der Waals surface area contributed by atoms with Crippen LogP contribution in [0.25, 0.3) is 0 Å². The quantitative estimate of drug-likeness (QED) is 0.525. The Bertz CT molecular complexity index is 134. The second kappa shape index (κ2) is 1.58. The highest BCUT2D eigenvalue weighted by atomic mass is 15.0. The van der Waals surface area contributed by atoms with Crippen molar-refractivity contribution in [2.75, 3.05) is 0 Å². The Balaban J connectivity index is 2.69. The van der Waals surface area contributed by atoms with Crippen LogP contribution in [-0.2, 0) is 0 Å². The van der Waals surface area contributed by atoms with Crippen molar-refractivity contribution in [2.45, 2.75) is 30.8 Å². The molecular weight excluding hydrogens is 112 g/mol. The standard InChI is InChI=1S/C7H14N2/c1-3-6(2,8)7(9)4-5-7/h3H,1,4-5,8-9H2,2H3/t6-/m1/s1. The molecule has 0 spiro atoms. The first kappa shape index (κ1) is 6.78. The summed E-state index contributed by atoms with van der Waals surface area (Å²) in [7, 11) is 0. The van der Waals surface area contributed by atoms with Crippen LogP contribution in [0.4, 0.5) is 0 Å². The van der Waals surface area contributed by atoms with Gasteiger partial charge in [-0.05, 0) is 19.8 Å². The van der Waals surface area contributed by atoms with Crippen LogP contribution in [0.5, 0.6) is 0 Å². The minimum Gasteiger partial charge on any atom is -0.323 e. The van der Waals surface area contributed by atoms with Crippen molar-refractivity contribution >= 4 is 0 Å². The van der Waals surface area contributed by atoms with Crippen molar-refractivity contribution in [2.24, 2.45) is 11.5 Å². The van der Waals surface area contributed by atoms with Gasteiger partial charge in [0.25, 0.3) is 0 Å². The van der Waals surface area contributed by atoms with E-state index in [1.54, 1.807) is 6.08 Å². The van der Waals surface area contributed by atoms with Crippen molar-refractivity contribution in [3.05, 3.63) is 12.7 Å². The van der Waals surface area contributed by atoms with Gasteiger partial charge in [0.05, 0.1) is 0 Å². The van der Waals surface area contributed by atoms with Crippen molar-refractivity contribution in [3.63, 3.8) is 0 Å². The fraction of sp³-hybridized carbons (Fsp3) is 0.714. The third-order valence-electron chi connectivity index (χ3n) is 2.29. The van der Waals surface area contributed by atoms with E-state index in [-0.39, 0.29) is 11.1 Å². The number of nitrogens with two attached hydrogens (primary N) is 2. The third-order valence-corrected chi connectivity index (χ3v) is 2.29. The molecule has 0 amide bonds. The maximum absolute atomic E-state index is 5.84. The molecule has 52 valence electrons. The van der Waals surface area contributed by atoms with Gasteiger partial charge in [-0.3, -0.25) is 0 Å². The molecule has 0 radical (unpaired) electrons. The Morgan fingerprint density at radius 1 is 1.67 bits per heavy atom. The normalized spacial score (nSPS) is 28.8. The maximum Gasteiger partial charge on any atom is 0.0490 e. The van der Waals surface area contributed by atoms with Gasteiger partial charge >= 0.3 is 0 Å². The molecule has 0 bridgehead atoms. The lowest BCUT2D eigenvalue weighted by Crippen LogP contribution is -2.53. The predicted octanol–water partition coefficient (Wildman–Crippen LogP) is 0.381. The highest BCUT2D eigenvalue weighted by molar-refractivity contribution is 5.21. The van der Waals surface area contributed by atoms with Crippen LogP contribution in [0.1, 0.15) is 19.8 Å². The number of rotatable bonds is 2. The van der Waals surface area contributed by atoms with Gasteiger partial charge in [-0.15, -0.1) is 6.58 Å². The second-order valence-corrected chi connectivity index (χ2v) is 3.14. The van der Waals surface area contributed by atoms with E-state index in [4.69, 9.17) is 11.5 Å². The van der Waals surface area contributed by atoms with Crippen LogP contribution in [0.3, 0.4) is 0 Å². The molecule has 1 rings (SSSR count). The van der Waals surface area contributed by atoms with Crippen LogP contribution in [0, 0.1) is 0 Å². The van der Waals surface area contributed by atoms with Gasteiger partial charge in [-0.1, -0.05) is 6.08 Å². The molecule has 1 aliphatic rings. The van der Waals surface area contributed by atoms with Crippen molar-refractivity contribution in [1.29, 1.82) is 0 Å². The fourth-order valence-electron chi connectivity index (χ4n) is 0.877. The first-order chi connectivity index (χ1) is 4.02. The summed E-state index contributed by atoms with van der Waals surface area (Å²) in [4.78, 5) is 0. The van der Waals surface area contributed by atoms with E-state index in [2.05, 4.69) is 6.58 Å². The van der Waals surface area contributed by atoms with E-state index in [9.17, 15) is 0 Å². The van der Waals surface area contributed by atoms with Crippen LogP contribution < -0.4 is 11.5 Å². The Morgan fingerprint density at radius 2 is 2.11 bits per heavy atom. The van der Waals surface area contributed by atoms with Crippen molar-refractivity contribution in [3.8, 4) is 0 Å². The van der Waals surface area contributed by atoms with E-state index in [0.717, 1.165) is 12.8 Å². The summed E-state index contributed by atoms with van der Waals surface area (Å²) in [6.45, 7) is 5.56. The molecular formula is C7H14N2. The second-order valence-electron chi connectivity index (χ2n) is 3.14. The first-order valence-corrected chi connectivity index (χ1v) is 3.23. The van der Waals surface area contributed by atoms with Gasteiger partial charge in [0.15, 0.2) is 0 Å². The highest BCUT2D eigenvalue weighted by Gasteiger charge is 2.50. The Labute approximate surface area is 55.9 Å². The Kier molecular flexibility index (Phi) is 1.19. The van der Waals surface area contributed by atoms with Crippen LogP contribution in [0.2, 0.25) is 0 Å². The summed E-state index contributed by atoms with van der Waals surface area (Å²) >= 11 is 0. The van der Waals surface area contributed by atoms with E-state index >= 15 is 0 Å². The average Bonchev–Trinajstić information content (AvgIpc) is 2.49. The predicted molar refractivity (Wildman–Crippen MR) is 38.9 cm³/mol. The monoisotopic (exact) mass is 126 g/mol. The van der Waals surface area contributed by atoms with Gasteiger partial charge in [-0.25, -0.2) is 0 Å².